The van der Waals surface area contributed by atoms with Crippen LogP contribution in [0.4, 0.5) is 10.1 Å². The number of methoxy groups -OCH3 is 1. The fourth-order valence-corrected chi connectivity index (χ4v) is 1.57. The van der Waals surface area contributed by atoms with E-state index in [1.165, 1.54) is 18.3 Å². The minimum absolute atomic E-state index is 0.0971. The number of allylic oxidation sites excluding steroid dienone is 1. The first-order valence-corrected chi connectivity index (χ1v) is 6.27. The minimum atomic E-state index is -0.517. The van der Waals surface area contributed by atoms with Gasteiger partial charge in [-0.2, -0.15) is 10.5 Å². The van der Waals surface area contributed by atoms with Crippen LogP contribution in [0.5, 0.6) is 5.75 Å². The Morgan fingerprint density at radius 1 is 1.50 bits per heavy atom. The van der Waals surface area contributed by atoms with Crippen LogP contribution in [0.1, 0.15) is 5.82 Å². The number of hydrogen-bond acceptors (Lipinski definition) is 7. The number of nitriles is 1. The third-order valence-electron chi connectivity index (χ3n) is 2.59. The van der Waals surface area contributed by atoms with Crippen molar-refractivity contribution in [1.82, 2.24) is 20.6 Å². The molecule has 0 aliphatic carbocycles. The molecule has 0 radical (unpaired) electrons. The average molecular weight is 304 g/mol. The Balaban J connectivity index is 2.19. The molecule has 0 aliphatic heterocycles. The number of nitrogens with zero attached hydrogens (tertiary/aromatic N) is 4. The number of halogens is 1. The van der Waals surface area contributed by atoms with E-state index in [2.05, 4.69) is 25.9 Å². The molecule has 0 amide bonds. The third-order valence-corrected chi connectivity index (χ3v) is 2.59. The summed E-state index contributed by atoms with van der Waals surface area (Å²) in [6, 6.07) is 6.30. The van der Waals surface area contributed by atoms with E-state index in [9.17, 15) is 4.39 Å². The highest BCUT2D eigenvalue weighted by Gasteiger charge is 2.10. The van der Waals surface area contributed by atoms with E-state index in [0.29, 0.717) is 12.4 Å². The Hall–Kier alpha value is -2.99. The van der Waals surface area contributed by atoms with Gasteiger partial charge in [-0.25, -0.2) is 4.39 Å². The van der Waals surface area contributed by atoms with Crippen LogP contribution in [-0.4, -0.2) is 40.9 Å². The zero-order valence-electron chi connectivity index (χ0n) is 11.7. The monoisotopic (exact) mass is 304 g/mol. The number of anilines is 1. The van der Waals surface area contributed by atoms with Crippen molar-refractivity contribution in [1.29, 1.82) is 5.26 Å². The van der Waals surface area contributed by atoms with Gasteiger partial charge in [-0.1, -0.05) is 6.07 Å². The van der Waals surface area contributed by atoms with Gasteiger partial charge in [0.1, 0.15) is 35.5 Å². The second kappa shape index (κ2) is 7.70. The quantitative estimate of drug-likeness (QED) is 0.587. The summed E-state index contributed by atoms with van der Waals surface area (Å²) in [5.74, 6) is -0.108. The molecule has 2 N–H and O–H groups in total. The minimum Gasteiger partial charge on any atom is -0.489 e. The van der Waals surface area contributed by atoms with Crippen LogP contribution >= 0.6 is 0 Å². The number of hydrogen-bond donors (Lipinski definition) is 2. The van der Waals surface area contributed by atoms with E-state index in [1.54, 1.807) is 13.2 Å². The Morgan fingerprint density at radius 2 is 2.36 bits per heavy atom. The van der Waals surface area contributed by atoms with Gasteiger partial charge in [-0.05, 0) is 17.3 Å². The molecule has 1 aromatic carbocycles. The maximum Gasteiger partial charge on any atom is 0.216 e. The van der Waals surface area contributed by atoms with Gasteiger partial charge in [0.05, 0.1) is 6.61 Å². The number of nitrogens with one attached hydrogen (secondary N) is 2. The van der Waals surface area contributed by atoms with Gasteiger partial charge in [0.2, 0.25) is 5.82 Å². The van der Waals surface area contributed by atoms with E-state index < -0.39 is 5.82 Å². The zero-order chi connectivity index (χ0) is 15.8. The van der Waals surface area contributed by atoms with E-state index >= 15 is 0 Å². The number of aromatic amines is 1. The van der Waals surface area contributed by atoms with Gasteiger partial charge in [-0.15, -0.1) is 10.2 Å². The van der Waals surface area contributed by atoms with Crippen molar-refractivity contribution < 1.29 is 13.9 Å². The number of H-pyrrole nitrogens is 1. The molecule has 0 atom stereocenters. The lowest BCUT2D eigenvalue weighted by atomic mass is 10.2. The van der Waals surface area contributed by atoms with Crippen molar-refractivity contribution >= 4 is 11.3 Å². The molecule has 9 heteroatoms. The first-order chi connectivity index (χ1) is 10.8. The van der Waals surface area contributed by atoms with Crippen molar-refractivity contribution in [3.05, 3.63) is 36.0 Å². The summed E-state index contributed by atoms with van der Waals surface area (Å²) in [6.45, 7) is 0.645. The Morgan fingerprint density at radius 3 is 3.05 bits per heavy atom. The van der Waals surface area contributed by atoms with E-state index in [1.807, 2.05) is 6.07 Å². The largest absolute Gasteiger partial charge is 0.489 e. The summed E-state index contributed by atoms with van der Waals surface area (Å²) in [7, 11) is 1.54. The zero-order valence-corrected chi connectivity index (χ0v) is 11.7. The van der Waals surface area contributed by atoms with Crippen LogP contribution in [0.3, 0.4) is 0 Å². The van der Waals surface area contributed by atoms with Crippen molar-refractivity contribution in [2.45, 2.75) is 0 Å². The van der Waals surface area contributed by atoms with Crippen LogP contribution in [0.15, 0.2) is 24.4 Å². The lowest BCUT2D eigenvalue weighted by molar-refractivity contribution is 0.146. The number of tetrazole rings is 1. The molecule has 1 heterocycles. The first-order valence-electron chi connectivity index (χ1n) is 6.27. The molecule has 1 aromatic heterocycles. The summed E-state index contributed by atoms with van der Waals surface area (Å²) >= 11 is 0. The molecule has 22 heavy (non-hydrogen) atoms. The molecule has 8 nitrogen and oxygen atoms in total. The summed E-state index contributed by atoms with van der Waals surface area (Å²) < 4.78 is 24.2. The number of para-hydroxylation sites is 1. The molecular weight excluding hydrogens is 291 g/mol. The van der Waals surface area contributed by atoms with Gasteiger partial charge in [0.15, 0.2) is 0 Å². The highest BCUT2D eigenvalue weighted by molar-refractivity contribution is 5.75. The molecule has 0 aliphatic rings. The van der Waals surface area contributed by atoms with Gasteiger partial charge in [0, 0.05) is 13.3 Å². The Bertz CT molecular complexity index is 680. The van der Waals surface area contributed by atoms with Crippen LogP contribution in [0, 0.1) is 17.1 Å². The molecule has 2 aromatic rings. The van der Waals surface area contributed by atoms with Gasteiger partial charge >= 0.3 is 0 Å². The highest BCUT2D eigenvalue weighted by atomic mass is 19.1. The number of ether oxygens (including phenoxy) is 2. The molecule has 0 saturated carbocycles. The first kappa shape index (κ1) is 15.4. The van der Waals surface area contributed by atoms with Gasteiger partial charge in [0.25, 0.3) is 0 Å². The number of rotatable bonds is 7. The molecule has 0 saturated heterocycles. The SMILES string of the molecule is COCCOc1cccc(F)c1NC=C(C#N)c1nn[nH]n1. The van der Waals surface area contributed by atoms with Crippen molar-refractivity contribution in [2.24, 2.45) is 0 Å². The summed E-state index contributed by atoms with van der Waals surface area (Å²) in [4.78, 5) is 0. The molecule has 0 bridgehead atoms. The smallest absolute Gasteiger partial charge is 0.216 e. The molecule has 114 valence electrons. The van der Waals surface area contributed by atoms with Gasteiger partial charge < -0.3 is 14.8 Å². The predicted molar refractivity (Wildman–Crippen MR) is 75.2 cm³/mol. The van der Waals surface area contributed by atoms with E-state index in [0.717, 1.165) is 0 Å². The van der Waals surface area contributed by atoms with Gasteiger partial charge in [-0.3, -0.25) is 0 Å². The van der Waals surface area contributed by atoms with Crippen molar-refractivity contribution in [3.63, 3.8) is 0 Å². The Kier molecular flexibility index (Phi) is 5.39. The van der Waals surface area contributed by atoms with E-state index in [4.69, 9.17) is 14.7 Å². The molecule has 0 fully saturated rings. The summed E-state index contributed by atoms with van der Waals surface area (Å²) in [5.41, 5.74) is 0.203. The number of benzene rings is 1. The Labute approximate surface area is 125 Å². The maximum atomic E-state index is 13.9. The second-order valence-electron chi connectivity index (χ2n) is 4.00. The van der Waals surface area contributed by atoms with Crippen molar-refractivity contribution in [3.8, 4) is 11.8 Å². The molecule has 0 unspecified atom stereocenters. The third kappa shape index (κ3) is 3.77. The topological polar surface area (TPSA) is 109 Å². The lowest BCUT2D eigenvalue weighted by Gasteiger charge is -2.11. The molecule has 0 spiro atoms. The fraction of sp³-hybridized carbons (Fsp3) is 0.231. The number of aromatic nitrogens is 4. The predicted octanol–water partition coefficient (Wildman–Crippen LogP) is 1.34. The van der Waals surface area contributed by atoms with Crippen molar-refractivity contribution in [2.75, 3.05) is 25.6 Å². The van der Waals surface area contributed by atoms with E-state index in [-0.39, 0.29) is 23.7 Å². The molecule has 2 rings (SSSR count). The summed E-state index contributed by atoms with van der Waals surface area (Å²) in [5, 5.41) is 24.7. The van der Waals surface area contributed by atoms with Crippen LogP contribution in [-0.2, 0) is 4.74 Å². The summed E-state index contributed by atoms with van der Waals surface area (Å²) in [6.07, 6.45) is 1.28. The van der Waals surface area contributed by atoms with Crippen LogP contribution in [0.25, 0.3) is 5.57 Å². The second-order valence-corrected chi connectivity index (χ2v) is 4.00. The fourth-order valence-electron chi connectivity index (χ4n) is 1.57. The lowest BCUT2D eigenvalue weighted by Crippen LogP contribution is -2.06. The average Bonchev–Trinajstić information content (AvgIpc) is 3.04. The maximum absolute atomic E-state index is 13.9. The standard InChI is InChI=1S/C13H13FN6O2/c1-21-5-6-22-11-4-2-3-10(14)12(11)16-8-9(7-15)13-17-19-20-18-13/h2-4,8,16H,5-6H2,1H3,(H,17,18,19,20). The van der Waals surface area contributed by atoms with Crippen LogP contribution < -0.4 is 10.1 Å². The normalized spacial score (nSPS) is 11.0. The highest BCUT2D eigenvalue weighted by Crippen LogP contribution is 2.28. The van der Waals surface area contributed by atoms with Crippen LogP contribution in [0.2, 0.25) is 0 Å². The molecular formula is C13H13FN6O2.